The van der Waals surface area contributed by atoms with Gasteiger partial charge in [-0.05, 0) is 53.6 Å². The third kappa shape index (κ3) is 6.31. The minimum Gasteiger partial charge on any atom is -0.497 e. The van der Waals surface area contributed by atoms with Crippen LogP contribution in [0.25, 0.3) is 0 Å². The number of amides is 1. The maximum Gasteiger partial charge on any atom is 0.261 e. The van der Waals surface area contributed by atoms with Crippen molar-refractivity contribution in [3.8, 4) is 11.5 Å². The third-order valence-corrected chi connectivity index (χ3v) is 4.53. The summed E-state index contributed by atoms with van der Waals surface area (Å²) in [5.74, 6) is 1.48. The van der Waals surface area contributed by atoms with E-state index in [0.29, 0.717) is 13.0 Å². The summed E-state index contributed by atoms with van der Waals surface area (Å²) in [5.41, 5.74) is 2.50. The molecule has 2 aromatic carbocycles. The van der Waals surface area contributed by atoms with Gasteiger partial charge >= 0.3 is 0 Å². The van der Waals surface area contributed by atoms with Gasteiger partial charge in [-0.25, -0.2) is 0 Å². The summed E-state index contributed by atoms with van der Waals surface area (Å²) in [7, 11) is 1.65. The van der Waals surface area contributed by atoms with Crippen molar-refractivity contribution in [2.45, 2.75) is 52.1 Å². The van der Waals surface area contributed by atoms with E-state index in [4.69, 9.17) is 9.47 Å². The van der Waals surface area contributed by atoms with Crippen LogP contribution in [0.3, 0.4) is 0 Å². The minimum absolute atomic E-state index is 0.0779. The molecule has 146 valence electrons. The van der Waals surface area contributed by atoms with Crippen molar-refractivity contribution in [1.29, 1.82) is 0 Å². The van der Waals surface area contributed by atoms with E-state index < -0.39 is 6.10 Å². The Balaban J connectivity index is 1.85. The van der Waals surface area contributed by atoms with Crippen LogP contribution in [0.15, 0.2) is 48.5 Å². The highest BCUT2D eigenvalue weighted by Gasteiger charge is 2.19. The van der Waals surface area contributed by atoms with E-state index in [1.165, 1.54) is 5.56 Å². The van der Waals surface area contributed by atoms with Gasteiger partial charge in [0.05, 0.1) is 7.11 Å². The van der Waals surface area contributed by atoms with Gasteiger partial charge in [-0.1, -0.05) is 52.0 Å². The number of methoxy groups -OCH3 is 1. The molecule has 2 aromatic rings. The fourth-order valence-corrected chi connectivity index (χ4v) is 2.76. The second-order valence-corrected chi connectivity index (χ2v) is 7.68. The normalized spacial score (nSPS) is 12.3. The molecule has 1 amide bonds. The molecule has 0 saturated carbocycles. The number of hydrogen-bond donors (Lipinski definition) is 1. The molecule has 0 aliphatic carbocycles. The van der Waals surface area contributed by atoms with Crippen LogP contribution in [0.4, 0.5) is 0 Å². The van der Waals surface area contributed by atoms with Crippen LogP contribution < -0.4 is 14.8 Å². The first-order valence-electron chi connectivity index (χ1n) is 9.51. The van der Waals surface area contributed by atoms with E-state index in [1.807, 2.05) is 43.3 Å². The average molecular weight is 370 g/mol. The number of ether oxygens (including phenoxy) is 2. The van der Waals surface area contributed by atoms with E-state index in [0.717, 1.165) is 23.5 Å². The largest absolute Gasteiger partial charge is 0.497 e. The van der Waals surface area contributed by atoms with Crippen LogP contribution in [0.5, 0.6) is 11.5 Å². The zero-order valence-corrected chi connectivity index (χ0v) is 17.0. The van der Waals surface area contributed by atoms with Crippen molar-refractivity contribution in [2.75, 3.05) is 13.7 Å². The molecule has 4 heteroatoms. The zero-order chi connectivity index (χ0) is 19.9. The maximum absolute atomic E-state index is 12.4. The van der Waals surface area contributed by atoms with Gasteiger partial charge in [0.2, 0.25) is 0 Å². The highest BCUT2D eigenvalue weighted by atomic mass is 16.5. The number of carbonyl (C=O) groups is 1. The first-order chi connectivity index (χ1) is 12.8. The summed E-state index contributed by atoms with van der Waals surface area (Å²) in [6.07, 6.45) is 0.906. The van der Waals surface area contributed by atoms with Crippen molar-refractivity contribution >= 4 is 5.91 Å². The van der Waals surface area contributed by atoms with Crippen LogP contribution in [0, 0.1) is 0 Å². The van der Waals surface area contributed by atoms with E-state index >= 15 is 0 Å². The molecule has 27 heavy (non-hydrogen) atoms. The summed E-state index contributed by atoms with van der Waals surface area (Å²) in [4.78, 5) is 12.4. The smallest absolute Gasteiger partial charge is 0.261 e. The van der Waals surface area contributed by atoms with Crippen LogP contribution in [0.2, 0.25) is 0 Å². The predicted octanol–water partition coefficient (Wildman–Crippen LogP) is 4.51. The number of carbonyl (C=O) groups excluding carboxylic acids is 1. The number of hydrogen-bond acceptors (Lipinski definition) is 3. The second kappa shape index (κ2) is 9.45. The molecule has 0 aliphatic heterocycles. The second-order valence-electron chi connectivity index (χ2n) is 7.68. The van der Waals surface area contributed by atoms with Gasteiger partial charge in [-0.15, -0.1) is 0 Å². The Morgan fingerprint density at radius 3 is 2.11 bits per heavy atom. The van der Waals surface area contributed by atoms with Gasteiger partial charge in [0.1, 0.15) is 11.5 Å². The molecule has 0 aromatic heterocycles. The van der Waals surface area contributed by atoms with E-state index in [9.17, 15) is 4.79 Å². The van der Waals surface area contributed by atoms with Gasteiger partial charge in [-0.3, -0.25) is 4.79 Å². The summed E-state index contributed by atoms with van der Waals surface area (Å²) < 4.78 is 11.1. The van der Waals surface area contributed by atoms with Gasteiger partial charge in [-0.2, -0.15) is 0 Å². The lowest BCUT2D eigenvalue weighted by molar-refractivity contribution is -0.128. The summed E-state index contributed by atoms with van der Waals surface area (Å²) in [6, 6.07) is 15.9. The van der Waals surface area contributed by atoms with Crippen LogP contribution in [0.1, 0.15) is 45.2 Å². The van der Waals surface area contributed by atoms with Crippen LogP contribution in [-0.4, -0.2) is 25.7 Å². The van der Waals surface area contributed by atoms with Gasteiger partial charge < -0.3 is 14.8 Å². The topological polar surface area (TPSA) is 47.6 Å². The lowest BCUT2D eigenvalue weighted by atomic mass is 9.87. The molecule has 0 unspecified atom stereocenters. The quantitative estimate of drug-likeness (QED) is 0.745. The third-order valence-electron chi connectivity index (χ3n) is 4.53. The molecule has 0 spiro atoms. The molecule has 0 saturated heterocycles. The Morgan fingerprint density at radius 2 is 1.59 bits per heavy atom. The first-order valence-corrected chi connectivity index (χ1v) is 9.51. The lowest BCUT2D eigenvalue weighted by Crippen LogP contribution is -2.38. The lowest BCUT2D eigenvalue weighted by Gasteiger charge is -2.21. The molecular formula is C23H31NO3. The highest BCUT2D eigenvalue weighted by Crippen LogP contribution is 2.24. The van der Waals surface area contributed by atoms with Gasteiger partial charge in [0, 0.05) is 6.54 Å². The first kappa shape index (κ1) is 20.8. The Hall–Kier alpha value is -2.49. The van der Waals surface area contributed by atoms with Gasteiger partial charge in [0.15, 0.2) is 6.10 Å². The molecule has 1 N–H and O–H groups in total. The standard InChI is InChI=1S/C23H31NO3/c1-6-21(27-20-13-9-18(10-14-20)23(2,3)4)22(25)24-16-15-17-7-11-19(26-5)12-8-17/h7-14,21H,6,15-16H2,1-5H3,(H,24,25)/t21-/m0/s1. The Bertz CT molecular complexity index is 715. The number of rotatable bonds is 8. The molecule has 1 atom stereocenters. The van der Waals surface area contributed by atoms with Crippen molar-refractivity contribution in [1.82, 2.24) is 5.32 Å². The highest BCUT2D eigenvalue weighted by molar-refractivity contribution is 5.81. The van der Waals surface area contributed by atoms with Crippen molar-refractivity contribution in [3.63, 3.8) is 0 Å². The Morgan fingerprint density at radius 1 is 1.00 bits per heavy atom. The van der Waals surface area contributed by atoms with Crippen LogP contribution >= 0.6 is 0 Å². The fraction of sp³-hybridized carbons (Fsp3) is 0.435. The number of benzene rings is 2. The molecule has 4 nitrogen and oxygen atoms in total. The van der Waals surface area contributed by atoms with E-state index in [2.05, 4.69) is 38.2 Å². The predicted molar refractivity (Wildman–Crippen MR) is 110 cm³/mol. The monoisotopic (exact) mass is 369 g/mol. The number of nitrogens with one attached hydrogen (secondary N) is 1. The molecule has 0 fully saturated rings. The van der Waals surface area contributed by atoms with Crippen molar-refractivity contribution in [2.24, 2.45) is 0 Å². The molecule has 0 aliphatic rings. The fourth-order valence-electron chi connectivity index (χ4n) is 2.76. The zero-order valence-electron chi connectivity index (χ0n) is 17.0. The van der Waals surface area contributed by atoms with Gasteiger partial charge in [0.25, 0.3) is 5.91 Å². The summed E-state index contributed by atoms with van der Waals surface area (Å²) >= 11 is 0. The molecule has 2 rings (SSSR count). The van der Waals surface area contributed by atoms with Crippen LogP contribution in [-0.2, 0) is 16.6 Å². The van der Waals surface area contributed by atoms with Crippen molar-refractivity contribution in [3.05, 3.63) is 59.7 Å². The average Bonchev–Trinajstić information content (AvgIpc) is 2.66. The molecule has 0 heterocycles. The maximum atomic E-state index is 12.4. The van der Waals surface area contributed by atoms with E-state index in [-0.39, 0.29) is 11.3 Å². The molecule has 0 bridgehead atoms. The summed E-state index contributed by atoms with van der Waals surface area (Å²) in [6.45, 7) is 9.06. The van der Waals surface area contributed by atoms with Crippen molar-refractivity contribution < 1.29 is 14.3 Å². The minimum atomic E-state index is -0.485. The Labute approximate surface area is 162 Å². The molecular weight excluding hydrogens is 338 g/mol. The van der Waals surface area contributed by atoms with E-state index in [1.54, 1.807) is 7.11 Å². The SMILES string of the molecule is CC[C@H](Oc1ccc(C(C)(C)C)cc1)C(=O)NCCc1ccc(OC)cc1. The Kier molecular flexibility index (Phi) is 7.28. The summed E-state index contributed by atoms with van der Waals surface area (Å²) in [5, 5.41) is 2.97. The molecule has 0 radical (unpaired) electrons.